The maximum atomic E-state index is 13.7. The maximum Gasteiger partial charge on any atom is 0.244 e. The quantitative estimate of drug-likeness (QED) is 0.907. The first kappa shape index (κ1) is 17.8. The summed E-state index contributed by atoms with van der Waals surface area (Å²) in [6.07, 6.45) is 2.78. The molecule has 1 aliphatic rings. The maximum absolute atomic E-state index is 13.7. The first-order chi connectivity index (χ1) is 10.7. The standard InChI is InChI=1S/C15H20F2N2O3S/c1-10-5-3-4-8-19(10)15(20)11(2)18-23(21,22)14-7-6-12(16)9-13(14)17/h6-7,9-11,18H,3-5,8H2,1-2H3. The van der Waals surface area contributed by atoms with Gasteiger partial charge in [0.1, 0.15) is 16.5 Å². The van der Waals surface area contributed by atoms with Crippen molar-refractivity contribution in [3.05, 3.63) is 29.8 Å². The van der Waals surface area contributed by atoms with Crippen molar-refractivity contribution in [3.63, 3.8) is 0 Å². The van der Waals surface area contributed by atoms with Gasteiger partial charge in [-0.3, -0.25) is 4.79 Å². The van der Waals surface area contributed by atoms with E-state index in [1.54, 1.807) is 4.90 Å². The fraction of sp³-hybridized carbons (Fsp3) is 0.533. The minimum atomic E-state index is -4.25. The smallest absolute Gasteiger partial charge is 0.244 e. The zero-order valence-electron chi connectivity index (χ0n) is 13.1. The summed E-state index contributed by atoms with van der Waals surface area (Å²) in [7, 11) is -4.25. The van der Waals surface area contributed by atoms with Gasteiger partial charge in [-0.15, -0.1) is 0 Å². The highest BCUT2D eigenvalue weighted by molar-refractivity contribution is 7.89. The second-order valence-corrected chi connectivity index (χ2v) is 7.48. The predicted octanol–water partition coefficient (Wildman–Crippen LogP) is 2.03. The minimum absolute atomic E-state index is 0.0470. The lowest BCUT2D eigenvalue weighted by atomic mass is 10.0. The van der Waals surface area contributed by atoms with E-state index in [2.05, 4.69) is 4.72 Å². The lowest BCUT2D eigenvalue weighted by Gasteiger charge is -2.35. The zero-order valence-corrected chi connectivity index (χ0v) is 13.9. The van der Waals surface area contributed by atoms with E-state index in [4.69, 9.17) is 0 Å². The first-order valence-corrected chi connectivity index (χ1v) is 8.98. The molecule has 1 N–H and O–H groups in total. The summed E-state index contributed by atoms with van der Waals surface area (Å²) in [5.74, 6) is -2.40. The van der Waals surface area contributed by atoms with Gasteiger partial charge in [-0.2, -0.15) is 4.72 Å². The number of nitrogens with zero attached hydrogens (tertiary/aromatic N) is 1. The third-order valence-corrected chi connectivity index (χ3v) is 5.55. The minimum Gasteiger partial charge on any atom is -0.339 e. The van der Waals surface area contributed by atoms with E-state index in [0.29, 0.717) is 12.6 Å². The van der Waals surface area contributed by atoms with Crippen LogP contribution in [0, 0.1) is 11.6 Å². The molecule has 1 saturated heterocycles. The number of nitrogens with one attached hydrogen (secondary N) is 1. The third kappa shape index (κ3) is 4.06. The first-order valence-electron chi connectivity index (χ1n) is 7.50. The lowest BCUT2D eigenvalue weighted by molar-refractivity contribution is -0.135. The molecule has 23 heavy (non-hydrogen) atoms. The summed E-state index contributed by atoms with van der Waals surface area (Å²) in [4.78, 5) is 13.4. The molecule has 0 bridgehead atoms. The molecular formula is C15H20F2N2O3S. The van der Waals surface area contributed by atoms with E-state index < -0.39 is 32.6 Å². The zero-order chi connectivity index (χ0) is 17.2. The molecule has 1 aliphatic heterocycles. The van der Waals surface area contributed by atoms with Crippen molar-refractivity contribution in [2.75, 3.05) is 6.54 Å². The normalized spacial score (nSPS) is 20.3. The summed E-state index contributed by atoms with van der Waals surface area (Å²) in [6, 6.07) is 1.22. The van der Waals surface area contributed by atoms with Crippen molar-refractivity contribution in [2.24, 2.45) is 0 Å². The van der Waals surface area contributed by atoms with Crippen LogP contribution in [0.5, 0.6) is 0 Å². The van der Waals surface area contributed by atoms with Crippen LogP contribution in [0.3, 0.4) is 0 Å². The van der Waals surface area contributed by atoms with Crippen LogP contribution in [0.2, 0.25) is 0 Å². The number of halogens is 2. The molecule has 0 radical (unpaired) electrons. The molecule has 0 spiro atoms. The van der Waals surface area contributed by atoms with E-state index in [0.717, 1.165) is 31.4 Å². The molecule has 5 nitrogen and oxygen atoms in total. The van der Waals surface area contributed by atoms with Crippen molar-refractivity contribution in [3.8, 4) is 0 Å². The number of carbonyl (C=O) groups excluding carboxylic acids is 1. The monoisotopic (exact) mass is 346 g/mol. The highest BCUT2D eigenvalue weighted by Crippen LogP contribution is 2.19. The summed E-state index contributed by atoms with van der Waals surface area (Å²) in [5.41, 5.74) is 0. The molecule has 1 amide bonds. The predicted molar refractivity (Wildman–Crippen MR) is 81.2 cm³/mol. The van der Waals surface area contributed by atoms with Crippen LogP contribution in [0.25, 0.3) is 0 Å². The van der Waals surface area contributed by atoms with Crippen molar-refractivity contribution in [1.82, 2.24) is 9.62 Å². The van der Waals surface area contributed by atoms with Crippen LogP contribution >= 0.6 is 0 Å². The second kappa shape index (κ2) is 6.92. The summed E-state index contributed by atoms with van der Waals surface area (Å²) < 4.78 is 53.1. The molecule has 0 aliphatic carbocycles. The van der Waals surface area contributed by atoms with Crippen LogP contribution in [-0.2, 0) is 14.8 Å². The molecule has 2 unspecified atom stereocenters. The Hall–Kier alpha value is -1.54. The number of piperidine rings is 1. The average Bonchev–Trinajstić information content (AvgIpc) is 2.46. The molecular weight excluding hydrogens is 326 g/mol. The van der Waals surface area contributed by atoms with E-state index >= 15 is 0 Å². The van der Waals surface area contributed by atoms with Gasteiger partial charge in [0.25, 0.3) is 0 Å². The summed E-state index contributed by atoms with van der Waals surface area (Å²) in [6.45, 7) is 3.91. The van der Waals surface area contributed by atoms with E-state index in [9.17, 15) is 22.0 Å². The van der Waals surface area contributed by atoms with Gasteiger partial charge >= 0.3 is 0 Å². The Labute approximate surface area is 134 Å². The molecule has 2 atom stereocenters. The average molecular weight is 346 g/mol. The van der Waals surface area contributed by atoms with Gasteiger partial charge in [-0.1, -0.05) is 0 Å². The fourth-order valence-electron chi connectivity index (χ4n) is 2.71. The Bertz CT molecular complexity index is 694. The van der Waals surface area contributed by atoms with Gasteiger partial charge in [0.15, 0.2) is 0 Å². The van der Waals surface area contributed by atoms with Crippen molar-refractivity contribution < 1.29 is 22.0 Å². The van der Waals surface area contributed by atoms with Gasteiger partial charge in [-0.05, 0) is 45.2 Å². The molecule has 1 aromatic carbocycles. The highest BCUT2D eigenvalue weighted by Gasteiger charge is 2.30. The number of rotatable bonds is 4. The number of hydrogen-bond acceptors (Lipinski definition) is 3. The third-order valence-electron chi connectivity index (χ3n) is 3.97. The molecule has 8 heteroatoms. The number of benzene rings is 1. The van der Waals surface area contributed by atoms with Crippen molar-refractivity contribution in [1.29, 1.82) is 0 Å². The van der Waals surface area contributed by atoms with Gasteiger partial charge in [0, 0.05) is 18.7 Å². The molecule has 1 fully saturated rings. The summed E-state index contributed by atoms with van der Waals surface area (Å²) >= 11 is 0. The van der Waals surface area contributed by atoms with Crippen LogP contribution in [-0.4, -0.2) is 37.9 Å². The highest BCUT2D eigenvalue weighted by atomic mass is 32.2. The van der Waals surface area contributed by atoms with Gasteiger partial charge in [-0.25, -0.2) is 17.2 Å². The Morgan fingerprint density at radius 1 is 1.35 bits per heavy atom. The Morgan fingerprint density at radius 2 is 2.04 bits per heavy atom. The van der Waals surface area contributed by atoms with Crippen LogP contribution in [0.1, 0.15) is 33.1 Å². The van der Waals surface area contributed by atoms with Crippen molar-refractivity contribution in [2.45, 2.75) is 50.1 Å². The van der Waals surface area contributed by atoms with Crippen molar-refractivity contribution >= 4 is 15.9 Å². The Morgan fingerprint density at radius 3 is 2.65 bits per heavy atom. The van der Waals surface area contributed by atoms with Crippen LogP contribution < -0.4 is 4.72 Å². The topological polar surface area (TPSA) is 66.5 Å². The summed E-state index contributed by atoms with van der Waals surface area (Å²) in [5, 5.41) is 0. The largest absolute Gasteiger partial charge is 0.339 e. The SMILES string of the molecule is CC(NS(=O)(=O)c1ccc(F)cc1F)C(=O)N1CCCCC1C. The van der Waals surface area contributed by atoms with Gasteiger partial charge < -0.3 is 4.90 Å². The number of hydrogen-bond donors (Lipinski definition) is 1. The number of amides is 1. The van der Waals surface area contributed by atoms with E-state index in [-0.39, 0.29) is 11.9 Å². The molecule has 1 aromatic rings. The molecule has 0 saturated carbocycles. The van der Waals surface area contributed by atoms with E-state index in [1.807, 2.05) is 6.92 Å². The molecule has 0 aromatic heterocycles. The van der Waals surface area contributed by atoms with Gasteiger partial charge in [0.05, 0.1) is 6.04 Å². The second-order valence-electron chi connectivity index (χ2n) is 5.79. The van der Waals surface area contributed by atoms with E-state index in [1.165, 1.54) is 6.92 Å². The Kier molecular flexibility index (Phi) is 5.36. The number of sulfonamides is 1. The number of likely N-dealkylation sites (tertiary alicyclic amines) is 1. The van der Waals surface area contributed by atoms with Crippen LogP contribution in [0.15, 0.2) is 23.1 Å². The molecule has 128 valence electrons. The molecule has 1 heterocycles. The fourth-order valence-corrected chi connectivity index (χ4v) is 3.97. The Balaban J connectivity index is 2.14. The number of carbonyl (C=O) groups is 1. The van der Waals surface area contributed by atoms with Gasteiger partial charge in [0.2, 0.25) is 15.9 Å². The van der Waals surface area contributed by atoms with Crippen LogP contribution in [0.4, 0.5) is 8.78 Å². The lowest BCUT2D eigenvalue weighted by Crippen LogP contribution is -2.51. The molecule has 2 rings (SSSR count).